The molecule has 0 unspecified atom stereocenters. The second-order valence-corrected chi connectivity index (χ2v) is 6.34. The lowest BCUT2D eigenvalue weighted by Gasteiger charge is -2.27. The Morgan fingerprint density at radius 1 is 1.17 bits per heavy atom. The smallest absolute Gasteiger partial charge is 0.150 e. The molecule has 1 aliphatic heterocycles. The van der Waals surface area contributed by atoms with Gasteiger partial charge < -0.3 is 15.4 Å². The van der Waals surface area contributed by atoms with E-state index in [2.05, 4.69) is 23.6 Å². The minimum atomic E-state index is 0.294. The predicted octanol–water partition coefficient (Wildman–Crippen LogP) is 3.73. The molecular formula is C20H24N2O2. The van der Waals surface area contributed by atoms with Gasteiger partial charge >= 0.3 is 0 Å². The topological polar surface area (TPSA) is 50.4 Å². The van der Waals surface area contributed by atoms with E-state index in [1.807, 2.05) is 43.4 Å². The number of carbonyl (C=O) groups is 1. The summed E-state index contributed by atoms with van der Waals surface area (Å²) in [5, 5.41) is 6.60. The quantitative estimate of drug-likeness (QED) is 0.845. The van der Waals surface area contributed by atoms with Crippen LogP contribution in [0.25, 0.3) is 11.1 Å². The standard InChI is InChI=1S/C16H15NO2.C4H9N/c1-11-10-19-15-4-2-3-14(16(15)17-11)13-7-5-12(9-18)6-8-13;1-5-4-2-3-4/h2-9,11,17H,10H2,1H3;4-5H,2-3H2,1H3/t11-;/m1./s1. The summed E-state index contributed by atoms with van der Waals surface area (Å²) in [5.41, 5.74) is 3.89. The Hall–Kier alpha value is -2.33. The van der Waals surface area contributed by atoms with Gasteiger partial charge in [-0.2, -0.15) is 0 Å². The largest absolute Gasteiger partial charge is 0.489 e. The summed E-state index contributed by atoms with van der Waals surface area (Å²) in [6.45, 7) is 2.77. The van der Waals surface area contributed by atoms with Gasteiger partial charge in [-0.3, -0.25) is 4.79 Å². The molecule has 1 saturated carbocycles. The number of carbonyl (C=O) groups excluding carboxylic acids is 1. The molecule has 0 spiro atoms. The summed E-state index contributed by atoms with van der Waals surface area (Å²) in [5.74, 6) is 0.884. The van der Waals surface area contributed by atoms with Crippen molar-refractivity contribution in [2.75, 3.05) is 19.0 Å². The Morgan fingerprint density at radius 2 is 1.92 bits per heavy atom. The monoisotopic (exact) mass is 324 g/mol. The van der Waals surface area contributed by atoms with Gasteiger partial charge in [0.15, 0.2) is 0 Å². The molecule has 0 bridgehead atoms. The van der Waals surface area contributed by atoms with Gasteiger partial charge in [0, 0.05) is 17.2 Å². The van der Waals surface area contributed by atoms with Crippen molar-refractivity contribution >= 4 is 12.0 Å². The number of anilines is 1. The highest BCUT2D eigenvalue weighted by atomic mass is 16.5. The maximum atomic E-state index is 10.7. The van der Waals surface area contributed by atoms with Crippen molar-refractivity contribution in [2.45, 2.75) is 31.8 Å². The second-order valence-electron chi connectivity index (χ2n) is 6.34. The molecule has 0 aromatic heterocycles. The van der Waals surface area contributed by atoms with Crippen LogP contribution in [0, 0.1) is 0 Å². The average molecular weight is 324 g/mol. The molecule has 0 saturated heterocycles. The van der Waals surface area contributed by atoms with E-state index in [1.165, 1.54) is 12.8 Å². The maximum Gasteiger partial charge on any atom is 0.150 e. The van der Waals surface area contributed by atoms with Crippen LogP contribution >= 0.6 is 0 Å². The van der Waals surface area contributed by atoms with E-state index in [1.54, 1.807) is 0 Å². The molecule has 1 aliphatic carbocycles. The molecule has 0 amide bonds. The first-order chi connectivity index (χ1) is 11.7. The summed E-state index contributed by atoms with van der Waals surface area (Å²) >= 11 is 0. The van der Waals surface area contributed by atoms with Crippen LogP contribution in [0.5, 0.6) is 5.75 Å². The van der Waals surface area contributed by atoms with E-state index in [0.29, 0.717) is 18.2 Å². The molecule has 24 heavy (non-hydrogen) atoms. The molecule has 4 rings (SSSR count). The third-order valence-corrected chi connectivity index (χ3v) is 4.25. The number of hydrogen-bond donors (Lipinski definition) is 2. The van der Waals surface area contributed by atoms with Crippen molar-refractivity contribution in [1.29, 1.82) is 0 Å². The molecule has 2 N–H and O–H groups in total. The number of fused-ring (bicyclic) bond motifs is 1. The molecule has 0 radical (unpaired) electrons. The van der Waals surface area contributed by atoms with E-state index in [0.717, 1.165) is 34.9 Å². The Kier molecular flexibility index (Phi) is 5.16. The first-order valence-corrected chi connectivity index (χ1v) is 8.46. The zero-order valence-electron chi connectivity index (χ0n) is 14.2. The van der Waals surface area contributed by atoms with E-state index < -0.39 is 0 Å². The van der Waals surface area contributed by atoms with E-state index in [9.17, 15) is 4.79 Å². The molecule has 1 heterocycles. The summed E-state index contributed by atoms with van der Waals surface area (Å²) in [7, 11) is 2.01. The summed E-state index contributed by atoms with van der Waals surface area (Å²) in [6, 6.07) is 14.8. The number of rotatable bonds is 3. The third kappa shape index (κ3) is 3.95. The zero-order valence-corrected chi connectivity index (χ0v) is 14.2. The number of ether oxygens (including phenoxy) is 1. The molecule has 4 nitrogen and oxygen atoms in total. The number of hydrogen-bond acceptors (Lipinski definition) is 4. The predicted molar refractivity (Wildman–Crippen MR) is 97.9 cm³/mol. The van der Waals surface area contributed by atoms with Gasteiger partial charge in [0.05, 0.1) is 11.7 Å². The van der Waals surface area contributed by atoms with Gasteiger partial charge in [-0.15, -0.1) is 0 Å². The minimum absolute atomic E-state index is 0.294. The fraction of sp³-hybridized carbons (Fsp3) is 0.350. The van der Waals surface area contributed by atoms with Crippen LogP contribution in [-0.4, -0.2) is 32.0 Å². The van der Waals surface area contributed by atoms with Gasteiger partial charge in [-0.1, -0.05) is 36.4 Å². The Labute approximate surface area is 143 Å². The second kappa shape index (κ2) is 7.49. The molecule has 2 aliphatic rings. The van der Waals surface area contributed by atoms with Crippen molar-refractivity contribution in [2.24, 2.45) is 0 Å². The maximum absolute atomic E-state index is 10.7. The first kappa shape index (κ1) is 16.5. The fourth-order valence-corrected chi connectivity index (χ4v) is 2.66. The first-order valence-electron chi connectivity index (χ1n) is 8.46. The molecule has 1 fully saturated rings. The van der Waals surface area contributed by atoms with Crippen LogP contribution in [0.1, 0.15) is 30.1 Å². The van der Waals surface area contributed by atoms with E-state index in [4.69, 9.17) is 4.74 Å². The van der Waals surface area contributed by atoms with Crippen LogP contribution in [0.15, 0.2) is 42.5 Å². The number of benzene rings is 2. The van der Waals surface area contributed by atoms with Crippen LogP contribution in [0.3, 0.4) is 0 Å². The Balaban J connectivity index is 0.000000290. The summed E-state index contributed by atoms with van der Waals surface area (Å²) in [4.78, 5) is 10.7. The molecule has 2 aromatic rings. The number of nitrogens with one attached hydrogen (secondary N) is 2. The average Bonchev–Trinajstić information content (AvgIpc) is 3.46. The van der Waals surface area contributed by atoms with Gasteiger partial charge in [0.25, 0.3) is 0 Å². The van der Waals surface area contributed by atoms with Crippen LogP contribution in [-0.2, 0) is 0 Å². The number of aldehydes is 1. The SMILES string of the molecule is CNC1CC1.C[C@@H]1COc2cccc(-c3ccc(C=O)cc3)c2N1. The van der Waals surface area contributed by atoms with Crippen molar-refractivity contribution in [3.63, 3.8) is 0 Å². The highest BCUT2D eigenvalue weighted by Gasteiger charge is 2.18. The molecule has 4 heteroatoms. The highest BCUT2D eigenvalue weighted by molar-refractivity contribution is 5.84. The van der Waals surface area contributed by atoms with E-state index in [-0.39, 0.29) is 0 Å². The van der Waals surface area contributed by atoms with Crippen LogP contribution in [0.4, 0.5) is 5.69 Å². The van der Waals surface area contributed by atoms with Crippen molar-refractivity contribution in [3.8, 4) is 16.9 Å². The van der Waals surface area contributed by atoms with Gasteiger partial charge in [0.1, 0.15) is 18.6 Å². The summed E-state index contributed by atoms with van der Waals surface area (Å²) in [6.07, 6.45) is 3.65. The molecular weight excluding hydrogens is 300 g/mol. The lowest BCUT2D eigenvalue weighted by atomic mass is 10.0. The third-order valence-electron chi connectivity index (χ3n) is 4.25. The van der Waals surface area contributed by atoms with Gasteiger partial charge in [-0.25, -0.2) is 0 Å². The Morgan fingerprint density at radius 3 is 2.50 bits per heavy atom. The summed E-state index contributed by atoms with van der Waals surface area (Å²) < 4.78 is 5.72. The van der Waals surface area contributed by atoms with Gasteiger partial charge in [-0.05, 0) is 38.4 Å². The normalized spacial score (nSPS) is 18.3. The molecule has 126 valence electrons. The minimum Gasteiger partial charge on any atom is -0.489 e. The fourth-order valence-electron chi connectivity index (χ4n) is 2.66. The van der Waals surface area contributed by atoms with Crippen molar-refractivity contribution < 1.29 is 9.53 Å². The lowest BCUT2D eigenvalue weighted by Crippen LogP contribution is -2.28. The molecule has 2 aromatic carbocycles. The van der Waals surface area contributed by atoms with Crippen molar-refractivity contribution in [3.05, 3.63) is 48.0 Å². The zero-order chi connectivity index (χ0) is 16.9. The van der Waals surface area contributed by atoms with E-state index >= 15 is 0 Å². The van der Waals surface area contributed by atoms with Crippen LogP contribution < -0.4 is 15.4 Å². The van der Waals surface area contributed by atoms with Crippen molar-refractivity contribution in [1.82, 2.24) is 5.32 Å². The molecule has 1 atom stereocenters. The van der Waals surface area contributed by atoms with Crippen LogP contribution in [0.2, 0.25) is 0 Å². The Bertz CT molecular complexity index is 693. The van der Waals surface area contributed by atoms with Gasteiger partial charge in [0.2, 0.25) is 0 Å². The number of para-hydroxylation sites is 1. The lowest BCUT2D eigenvalue weighted by molar-refractivity contribution is 0.112. The highest BCUT2D eigenvalue weighted by Crippen LogP contribution is 2.38.